The lowest BCUT2D eigenvalue weighted by Gasteiger charge is -2.14. The van der Waals surface area contributed by atoms with Crippen LogP contribution in [0.25, 0.3) is 0 Å². The van der Waals surface area contributed by atoms with Crippen molar-refractivity contribution in [1.82, 2.24) is 0 Å². The molecule has 0 spiro atoms. The number of amides is 1. The Morgan fingerprint density at radius 3 is 2.12 bits per heavy atom. The summed E-state index contributed by atoms with van der Waals surface area (Å²) in [4.78, 5) is 23.1. The number of ether oxygens (including phenoxy) is 3. The number of rotatable bonds is 8. The fraction of sp³-hybridized carbons (Fsp3) is 0.235. The van der Waals surface area contributed by atoms with Gasteiger partial charge in [0.05, 0.1) is 32.0 Å². The Hall–Kier alpha value is -2.94. The van der Waals surface area contributed by atoms with E-state index >= 15 is 0 Å². The van der Waals surface area contributed by atoms with Gasteiger partial charge in [0.2, 0.25) is 11.7 Å². The van der Waals surface area contributed by atoms with Gasteiger partial charge >= 0.3 is 0 Å². The fourth-order valence-electron chi connectivity index (χ4n) is 2.16. The third-order valence-corrected chi connectivity index (χ3v) is 4.38. The first-order chi connectivity index (χ1) is 12.5. The Labute approximate surface area is 154 Å². The van der Waals surface area contributed by atoms with Gasteiger partial charge in [-0.3, -0.25) is 14.9 Å². The largest absolute Gasteiger partial charge is 0.493 e. The van der Waals surface area contributed by atoms with Crippen molar-refractivity contribution >= 4 is 29.0 Å². The monoisotopic (exact) mass is 378 g/mol. The molecule has 9 heteroatoms. The molecule has 0 bridgehead atoms. The van der Waals surface area contributed by atoms with Gasteiger partial charge < -0.3 is 19.5 Å². The molecule has 26 heavy (non-hydrogen) atoms. The maximum atomic E-state index is 12.2. The molecular formula is C17H18N2O6S. The number of benzene rings is 2. The number of nitro groups is 1. The normalized spacial score (nSPS) is 10.1. The first kappa shape index (κ1) is 19.4. The van der Waals surface area contributed by atoms with E-state index in [1.54, 1.807) is 24.3 Å². The second-order valence-corrected chi connectivity index (χ2v) is 6.05. The van der Waals surface area contributed by atoms with Crippen LogP contribution < -0.4 is 19.5 Å². The molecule has 0 fully saturated rings. The Morgan fingerprint density at radius 2 is 1.65 bits per heavy atom. The second kappa shape index (κ2) is 8.95. The molecule has 0 saturated carbocycles. The molecule has 0 aromatic heterocycles. The van der Waals surface area contributed by atoms with Crippen molar-refractivity contribution in [3.8, 4) is 17.2 Å². The minimum Gasteiger partial charge on any atom is -0.493 e. The van der Waals surface area contributed by atoms with E-state index in [9.17, 15) is 14.9 Å². The van der Waals surface area contributed by atoms with Crippen LogP contribution in [0.5, 0.6) is 17.2 Å². The minimum atomic E-state index is -0.467. The number of carbonyl (C=O) groups is 1. The smallest absolute Gasteiger partial charge is 0.269 e. The van der Waals surface area contributed by atoms with Gasteiger partial charge in [0, 0.05) is 34.8 Å². The number of nitro benzene ring substituents is 1. The number of nitrogens with zero attached hydrogens (tertiary/aromatic N) is 1. The molecule has 0 saturated heterocycles. The average molecular weight is 378 g/mol. The molecule has 2 rings (SSSR count). The number of non-ortho nitro benzene ring substituents is 1. The zero-order valence-electron chi connectivity index (χ0n) is 14.5. The van der Waals surface area contributed by atoms with E-state index in [4.69, 9.17) is 14.2 Å². The highest BCUT2D eigenvalue weighted by Crippen LogP contribution is 2.40. The highest BCUT2D eigenvalue weighted by atomic mass is 32.2. The molecule has 0 atom stereocenters. The highest BCUT2D eigenvalue weighted by Gasteiger charge is 2.14. The molecule has 1 amide bonds. The fourth-order valence-corrected chi connectivity index (χ4v) is 2.86. The lowest BCUT2D eigenvalue weighted by atomic mass is 10.2. The van der Waals surface area contributed by atoms with Crippen LogP contribution in [-0.2, 0) is 4.79 Å². The average Bonchev–Trinajstić information content (AvgIpc) is 2.65. The van der Waals surface area contributed by atoms with Gasteiger partial charge in [0.15, 0.2) is 11.5 Å². The first-order valence-electron chi connectivity index (χ1n) is 7.45. The van der Waals surface area contributed by atoms with Crippen LogP contribution in [0, 0.1) is 10.1 Å². The Morgan fingerprint density at radius 1 is 1.08 bits per heavy atom. The molecule has 138 valence electrons. The number of thioether (sulfide) groups is 1. The second-order valence-electron chi connectivity index (χ2n) is 5.00. The number of methoxy groups -OCH3 is 3. The SMILES string of the molecule is COc1cc(NC(=O)CSc2ccc([N+](=O)[O-])cc2)cc(OC)c1OC. The summed E-state index contributed by atoms with van der Waals surface area (Å²) in [5, 5.41) is 13.4. The Bertz CT molecular complexity index is 769. The quantitative estimate of drug-likeness (QED) is 0.427. The number of anilines is 1. The van der Waals surface area contributed by atoms with E-state index in [2.05, 4.69) is 5.32 Å². The molecule has 0 heterocycles. The molecule has 0 aliphatic carbocycles. The standard InChI is InChI=1S/C17H18N2O6S/c1-23-14-8-11(9-15(24-2)17(14)25-3)18-16(20)10-26-13-6-4-12(5-7-13)19(21)22/h4-9H,10H2,1-3H3,(H,18,20). The molecular weight excluding hydrogens is 360 g/mol. The summed E-state index contributed by atoms with van der Waals surface area (Å²) in [6.07, 6.45) is 0. The van der Waals surface area contributed by atoms with Crippen LogP contribution in [-0.4, -0.2) is 37.9 Å². The van der Waals surface area contributed by atoms with Gasteiger partial charge in [-0.2, -0.15) is 0 Å². The van der Waals surface area contributed by atoms with Crippen LogP contribution in [0.1, 0.15) is 0 Å². The minimum absolute atomic E-state index is 0.0104. The summed E-state index contributed by atoms with van der Waals surface area (Å²) >= 11 is 1.27. The molecule has 2 aromatic rings. The number of carbonyl (C=O) groups excluding carboxylic acids is 1. The van der Waals surface area contributed by atoms with Crippen molar-refractivity contribution in [3.63, 3.8) is 0 Å². The summed E-state index contributed by atoms with van der Waals surface area (Å²) < 4.78 is 15.7. The van der Waals surface area contributed by atoms with E-state index in [0.717, 1.165) is 4.90 Å². The van der Waals surface area contributed by atoms with Crippen molar-refractivity contribution in [2.24, 2.45) is 0 Å². The Kier molecular flexibility index (Phi) is 6.67. The van der Waals surface area contributed by atoms with Gasteiger partial charge in [-0.05, 0) is 12.1 Å². The van der Waals surface area contributed by atoms with Crippen LogP contribution >= 0.6 is 11.8 Å². The van der Waals surface area contributed by atoms with E-state index in [1.807, 2.05) is 0 Å². The summed E-state index contributed by atoms with van der Waals surface area (Å²) in [7, 11) is 4.49. The van der Waals surface area contributed by atoms with Gasteiger partial charge in [-0.25, -0.2) is 0 Å². The predicted octanol–water partition coefficient (Wildman–Crippen LogP) is 3.35. The van der Waals surface area contributed by atoms with Gasteiger partial charge in [-0.1, -0.05) is 0 Å². The number of hydrogen-bond acceptors (Lipinski definition) is 7. The zero-order chi connectivity index (χ0) is 19.1. The van der Waals surface area contributed by atoms with Crippen molar-refractivity contribution in [2.75, 3.05) is 32.4 Å². The molecule has 1 N–H and O–H groups in total. The van der Waals surface area contributed by atoms with Crippen molar-refractivity contribution < 1.29 is 23.9 Å². The molecule has 0 radical (unpaired) electrons. The molecule has 8 nitrogen and oxygen atoms in total. The molecule has 0 unspecified atom stereocenters. The Balaban J connectivity index is 2.02. The van der Waals surface area contributed by atoms with Crippen molar-refractivity contribution in [3.05, 3.63) is 46.5 Å². The van der Waals surface area contributed by atoms with Gasteiger partial charge in [0.25, 0.3) is 5.69 Å². The van der Waals surface area contributed by atoms with Gasteiger partial charge in [0.1, 0.15) is 0 Å². The third kappa shape index (κ3) is 4.79. The third-order valence-electron chi connectivity index (χ3n) is 3.37. The lowest BCUT2D eigenvalue weighted by molar-refractivity contribution is -0.384. The van der Waals surface area contributed by atoms with Crippen molar-refractivity contribution in [2.45, 2.75) is 4.90 Å². The van der Waals surface area contributed by atoms with E-state index in [0.29, 0.717) is 22.9 Å². The topological polar surface area (TPSA) is 99.9 Å². The van der Waals surface area contributed by atoms with E-state index in [-0.39, 0.29) is 17.3 Å². The first-order valence-corrected chi connectivity index (χ1v) is 8.44. The molecule has 2 aromatic carbocycles. The van der Waals surface area contributed by atoms with Gasteiger partial charge in [-0.15, -0.1) is 11.8 Å². The summed E-state index contributed by atoms with van der Waals surface area (Å²) in [5.41, 5.74) is 0.519. The van der Waals surface area contributed by atoms with E-state index in [1.165, 1.54) is 45.2 Å². The predicted molar refractivity (Wildman–Crippen MR) is 98.5 cm³/mol. The molecule has 0 aliphatic rings. The summed E-state index contributed by atoms with van der Waals surface area (Å²) in [6, 6.07) is 9.29. The number of nitrogens with one attached hydrogen (secondary N) is 1. The summed E-state index contributed by atoms with van der Waals surface area (Å²) in [6.45, 7) is 0. The molecule has 0 aliphatic heterocycles. The van der Waals surface area contributed by atoms with Crippen LogP contribution in [0.4, 0.5) is 11.4 Å². The van der Waals surface area contributed by atoms with E-state index < -0.39 is 4.92 Å². The zero-order valence-corrected chi connectivity index (χ0v) is 15.3. The highest BCUT2D eigenvalue weighted by molar-refractivity contribution is 8.00. The maximum absolute atomic E-state index is 12.2. The number of hydrogen-bond donors (Lipinski definition) is 1. The maximum Gasteiger partial charge on any atom is 0.269 e. The van der Waals surface area contributed by atoms with Crippen LogP contribution in [0.3, 0.4) is 0 Å². The lowest BCUT2D eigenvalue weighted by Crippen LogP contribution is -2.14. The van der Waals surface area contributed by atoms with Crippen molar-refractivity contribution in [1.29, 1.82) is 0 Å². The van der Waals surface area contributed by atoms with Crippen LogP contribution in [0.15, 0.2) is 41.3 Å². The van der Waals surface area contributed by atoms with Crippen LogP contribution in [0.2, 0.25) is 0 Å². The summed E-state index contributed by atoms with van der Waals surface area (Å²) in [5.74, 6) is 1.22.